The third-order valence-electron chi connectivity index (χ3n) is 5.89. The number of aromatic nitrogens is 2. The zero-order valence-corrected chi connectivity index (χ0v) is 20.4. The Labute approximate surface area is 203 Å². The lowest BCUT2D eigenvalue weighted by Gasteiger charge is -2.50. The van der Waals surface area contributed by atoms with Crippen LogP contribution in [0.2, 0.25) is 5.02 Å². The van der Waals surface area contributed by atoms with Crippen molar-refractivity contribution in [3.05, 3.63) is 35.4 Å². The molecule has 0 radical (unpaired) electrons. The minimum Gasteiger partial charge on any atom is -0.470 e. The summed E-state index contributed by atoms with van der Waals surface area (Å²) < 4.78 is 37.3. The van der Waals surface area contributed by atoms with E-state index in [1.807, 2.05) is 0 Å². The maximum atomic E-state index is 15.4. The maximum Gasteiger partial charge on any atom is 0.410 e. The van der Waals surface area contributed by atoms with Gasteiger partial charge in [0.25, 0.3) is 0 Å². The van der Waals surface area contributed by atoms with Crippen molar-refractivity contribution in [1.82, 2.24) is 15.1 Å². The molecule has 1 aromatic heterocycles. The fraction of sp³-hybridized carbons (Fsp3) is 0.542. The third-order valence-corrected chi connectivity index (χ3v) is 6.12. The second-order valence-corrected chi connectivity index (χ2v) is 9.95. The van der Waals surface area contributed by atoms with Crippen LogP contribution in [0.1, 0.15) is 33.6 Å². The normalized spacial score (nSPS) is 24.1. The van der Waals surface area contributed by atoms with Gasteiger partial charge in [-0.2, -0.15) is 0 Å². The molecule has 1 amide bonds. The van der Waals surface area contributed by atoms with Crippen LogP contribution in [0.3, 0.4) is 0 Å². The number of piperidine rings is 2. The van der Waals surface area contributed by atoms with Crippen molar-refractivity contribution < 1.29 is 28.1 Å². The second-order valence-electron chi connectivity index (χ2n) is 9.51. The van der Waals surface area contributed by atoms with Crippen molar-refractivity contribution in [3.8, 4) is 22.9 Å². The first-order chi connectivity index (χ1) is 16.2. The summed E-state index contributed by atoms with van der Waals surface area (Å²) in [5, 5.41) is 8.91. The SMILES string of the molecule is COCOc1cc(Cl)ccc1-c1ccc(O[C@@H]2C3CCC([C@@H]2F)N(C(=O)OC(C)(C)C)C3)nn1. The minimum atomic E-state index is -1.34. The monoisotopic (exact) mass is 493 g/mol. The van der Waals surface area contributed by atoms with Crippen LogP contribution in [-0.2, 0) is 9.47 Å². The van der Waals surface area contributed by atoms with E-state index >= 15 is 4.39 Å². The van der Waals surface area contributed by atoms with Gasteiger partial charge in [0.2, 0.25) is 5.88 Å². The predicted octanol–water partition coefficient (Wildman–Crippen LogP) is 4.89. The number of amides is 1. The molecule has 184 valence electrons. The van der Waals surface area contributed by atoms with Crippen LogP contribution < -0.4 is 9.47 Å². The minimum absolute atomic E-state index is 0.0599. The van der Waals surface area contributed by atoms with Gasteiger partial charge in [-0.25, -0.2) is 9.18 Å². The predicted molar refractivity (Wildman–Crippen MR) is 124 cm³/mol. The molecular formula is C24H29ClFN3O5. The highest BCUT2D eigenvalue weighted by atomic mass is 35.5. The molecular weight excluding hydrogens is 465 g/mol. The Morgan fingerprint density at radius 3 is 2.65 bits per heavy atom. The fourth-order valence-corrected chi connectivity index (χ4v) is 4.57. The summed E-state index contributed by atoms with van der Waals surface area (Å²) in [6.45, 7) is 5.84. The Bertz CT molecular complexity index is 1010. The molecule has 2 aromatic rings. The molecule has 3 aliphatic rings. The number of hydrogen-bond donors (Lipinski definition) is 0. The van der Waals surface area contributed by atoms with Crippen LogP contribution in [0.25, 0.3) is 11.3 Å². The number of ether oxygens (including phenoxy) is 4. The largest absolute Gasteiger partial charge is 0.470 e. The molecule has 2 bridgehead atoms. The number of fused-ring (bicyclic) bond motifs is 3. The first-order valence-corrected chi connectivity index (χ1v) is 11.6. The van der Waals surface area contributed by atoms with Crippen molar-refractivity contribution in [2.24, 2.45) is 5.92 Å². The topological polar surface area (TPSA) is 83.0 Å². The highest BCUT2D eigenvalue weighted by Crippen LogP contribution is 2.40. The van der Waals surface area contributed by atoms with E-state index in [2.05, 4.69) is 10.2 Å². The number of carbonyl (C=O) groups excluding carboxylic acids is 1. The quantitative estimate of drug-likeness (QED) is 0.529. The Kier molecular flexibility index (Phi) is 7.14. The van der Waals surface area contributed by atoms with Crippen molar-refractivity contribution in [1.29, 1.82) is 0 Å². The van der Waals surface area contributed by atoms with Crippen molar-refractivity contribution >= 4 is 17.7 Å². The lowest BCUT2D eigenvalue weighted by atomic mass is 9.76. The number of hydrogen-bond acceptors (Lipinski definition) is 7. The van der Waals surface area contributed by atoms with E-state index in [-0.39, 0.29) is 18.6 Å². The van der Waals surface area contributed by atoms with Gasteiger partial charge in [0.1, 0.15) is 17.5 Å². The van der Waals surface area contributed by atoms with E-state index in [4.69, 9.17) is 30.5 Å². The first-order valence-electron chi connectivity index (χ1n) is 11.2. The van der Waals surface area contributed by atoms with Crippen molar-refractivity contribution in [2.45, 2.75) is 57.5 Å². The van der Waals surface area contributed by atoms with Crippen molar-refractivity contribution in [2.75, 3.05) is 20.4 Å². The number of halogens is 2. The number of nitrogens with zero attached hydrogens (tertiary/aromatic N) is 3. The number of benzene rings is 1. The number of rotatable bonds is 6. The van der Waals surface area contributed by atoms with Crippen LogP contribution in [-0.4, -0.2) is 65.6 Å². The van der Waals surface area contributed by atoms with E-state index in [9.17, 15) is 4.79 Å². The lowest BCUT2D eigenvalue weighted by Crippen LogP contribution is -2.64. The Hall–Kier alpha value is -2.65. The van der Waals surface area contributed by atoms with Gasteiger partial charge in [-0.1, -0.05) is 11.6 Å². The Morgan fingerprint density at radius 1 is 1.21 bits per heavy atom. The van der Waals surface area contributed by atoms with E-state index in [1.165, 1.54) is 12.0 Å². The van der Waals surface area contributed by atoms with Gasteiger partial charge in [-0.05, 0) is 57.9 Å². The van der Waals surface area contributed by atoms with Gasteiger partial charge in [0.15, 0.2) is 13.0 Å². The van der Waals surface area contributed by atoms with Crippen LogP contribution in [0, 0.1) is 5.92 Å². The third kappa shape index (κ3) is 5.36. The fourth-order valence-electron chi connectivity index (χ4n) is 4.41. The summed E-state index contributed by atoms with van der Waals surface area (Å²) in [4.78, 5) is 14.0. The molecule has 1 aliphatic carbocycles. The zero-order chi connectivity index (χ0) is 24.5. The van der Waals surface area contributed by atoms with E-state index in [0.717, 1.165) is 6.42 Å². The molecule has 8 nitrogen and oxygen atoms in total. The van der Waals surface area contributed by atoms with Crippen LogP contribution in [0.4, 0.5) is 9.18 Å². The van der Waals surface area contributed by atoms with Gasteiger partial charge in [-0.3, -0.25) is 0 Å². The molecule has 4 atom stereocenters. The van der Waals surface area contributed by atoms with Crippen LogP contribution >= 0.6 is 11.6 Å². The molecule has 3 fully saturated rings. The number of alkyl halides is 1. The smallest absolute Gasteiger partial charge is 0.410 e. The van der Waals surface area contributed by atoms with Gasteiger partial charge >= 0.3 is 6.09 Å². The standard InChI is InChI=1S/C24H29ClFN3O5/c1-24(2,3)34-23(30)29-12-14-5-9-18(29)21(26)22(14)33-20-10-8-17(27-28-20)16-7-6-15(25)11-19(16)32-13-31-4/h6-8,10-11,14,18,21-22H,5,9,12-13H2,1-4H3/t14?,18?,21-,22+/m0/s1. The molecule has 0 N–H and O–H groups in total. The van der Waals surface area contributed by atoms with Gasteiger partial charge in [0, 0.05) is 36.2 Å². The van der Waals surface area contributed by atoms with E-state index in [0.29, 0.717) is 35.0 Å². The summed E-state index contributed by atoms with van der Waals surface area (Å²) in [5.41, 5.74) is 0.604. The molecule has 1 aromatic carbocycles. The highest BCUT2D eigenvalue weighted by Gasteiger charge is 2.52. The lowest BCUT2D eigenvalue weighted by molar-refractivity contribution is -0.0981. The Morgan fingerprint density at radius 2 is 2.00 bits per heavy atom. The second kappa shape index (κ2) is 9.92. The Balaban J connectivity index is 1.45. The molecule has 0 spiro atoms. The van der Waals surface area contributed by atoms with Crippen LogP contribution in [0.5, 0.6) is 11.6 Å². The number of carbonyl (C=O) groups is 1. The molecule has 34 heavy (non-hydrogen) atoms. The number of methoxy groups -OCH3 is 1. The van der Waals surface area contributed by atoms with E-state index < -0.39 is 30.0 Å². The highest BCUT2D eigenvalue weighted by molar-refractivity contribution is 6.30. The average molecular weight is 494 g/mol. The van der Waals surface area contributed by atoms with Crippen LogP contribution in [0.15, 0.2) is 30.3 Å². The van der Waals surface area contributed by atoms with Crippen molar-refractivity contribution in [3.63, 3.8) is 0 Å². The van der Waals surface area contributed by atoms with Gasteiger partial charge in [0.05, 0.1) is 11.7 Å². The van der Waals surface area contributed by atoms with Gasteiger partial charge in [-0.15, -0.1) is 10.2 Å². The maximum absolute atomic E-state index is 15.4. The summed E-state index contributed by atoms with van der Waals surface area (Å²) in [6, 6.07) is 7.98. The molecule has 1 saturated carbocycles. The zero-order valence-electron chi connectivity index (χ0n) is 19.7. The molecule has 5 rings (SSSR count). The summed E-state index contributed by atoms with van der Waals surface area (Å²) in [5.74, 6) is 0.577. The summed E-state index contributed by atoms with van der Waals surface area (Å²) >= 11 is 6.08. The molecule has 2 saturated heterocycles. The van der Waals surface area contributed by atoms with E-state index in [1.54, 1.807) is 51.1 Å². The molecule has 2 aliphatic heterocycles. The molecule has 2 unspecified atom stereocenters. The summed E-state index contributed by atoms with van der Waals surface area (Å²) in [7, 11) is 1.53. The molecule has 3 heterocycles. The van der Waals surface area contributed by atoms with Gasteiger partial charge < -0.3 is 23.8 Å². The average Bonchev–Trinajstić information content (AvgIpc) is 2.79. The molecule has 10 heteroatoms. The first kappa shape index (κ1) is 24.5. The summed E-state index contributed by atoms with van der Waals surface area (Å²) in [6.07, 6.45) is -1.18.